The molecule has 0 aliphatic rings. The molecule has 0 atom stereocenters. The molecule has 1 aromatic heterocycles. The molecule has 1 aromatic carbocycles. The van der Waals surface area contributed by atoms with Gasteiger partial charge in [-0.15, -0.1) is 0 Å². The van der Waals surface area contributed by atoms with Crippen LogP contribution in [0.15, 0.2) is 42.7 Å². The summed E-state index contributed by atoms with van der Waals surface area (Å²) in [6.45, 7) is 3.33. The van der Waals surface area contributed by atoms with E-state index >= 15 is 0 Å². The highest BCUT2D eigenvalue weighted by Crippen LogP contribution is 2.30. The Morgan fingerprint density at radius 1 is 1.35 bits per heavy atom. The lowest BCUT2D eigenvalue weighted by Crippen LogP contribution is -2.23. The van der Waals surface area contributed by atoms with Crippen LogP contribution in [-0.2, 0) is 6.54 Å². The third kappa shape index (κ3) is 5.40. The van der Waals surface area contributed by atoms with Gasteiger partial charge in [0.2, 0.25) is 0 Å². The molecule has 26 heavy (non-hydrogen) atoms. The van der Waals surface area contributed by atoms with Gasteiger partial charge in [-0.3, -0.25) is 10.1 Å². The molecule has 9 nitrogen and oxygen atoms in total. The minimum Gasteiger partial charge on any atom is -0.493 e. The van der Waals surface area contributed by atoms with Crippen molar-refractivity contribution in [3.8, 4) is 11.5 Å². The third-order valence-corrected chi connectivity index (χ3v) is 3.71. The van der Waals surface area contributed by atoms with Gasteiger partial charge in [0, 0.05) is 36.7 Å². The smallest absolute Gasteiger partial charge is 0.274 e. The molecule has 0 saturated heterocycles. The normalized spacial score (nSPS) is 11.1. The molecule has 1 heterocycles. The quantitative estimate of drug-likeness (QED) is 0.380. The fourth-order valence-corrected chi connectivity index (χ4v) is 2.39. The number of anilines is 1. The SMILES string of the molecule is COc1ccc(N/C(=C\[N+](=O)[O-])NCCCn2cncc2C)cc1OC. The second kappa shape index (κ2) is 9.30. The number of imidazole rings is 1. The van der Waals surface area contributed by atoms with E-state index in [9.17, 15) is 10.1 Å². The Morgan fingerprint density at radius 2 is 2.12 bits per heavy atom. The third-order valence-electron chi connectivity index (χ3n) is 3.71. The number of rotatable bonds is 10. The lowest BCUT2D eigenvalue weighted by Gasteiger charge is -2.14. The second-order valence-electron chi connectivity index (χ2n) is 5.53. The summed E-state index contributed by atoms with van der Waals surface area (Å²) in [5, 5.41) is 16.9. The maximum absolute atomic E-state index is 10.9. The Hall–Kier alpha value is -3.23. The van der Waals surface area contributed by atoms with E-state index in [0.717, 1.165) is 24.9 Å². The topological polar surface area (TPSA) is 103 Å². The van der Waals surface area contributed by atoms with E-state index in [1.807, 2.05) is 11.5 Å². The van der Waals surface area contributed by atoms with Crippen molar-refractivity contribution in [2.45, 2.75) is 19.9 Å². The number of hydrogen-bond donors (Lipinski definition) is 2. The van der Waals surface area contributed by atoms with Gasteiger partial charge in [-0.05, 0) is 25.5 Å². The molecule has 0 aliphatic carbocycles. The molecule has 0 bridgehead atoms. The van der Waals surface area contributed by atoms with Crippen LogP contribution in [0.2, 0.25) is 0 Å². The summed E-state index contributed by atoms with van der Waals surface area (Å²) in [4.78, 5) is 14.4. The highest BCUT2D eigenvalue weighted by Gasteiger charge is 2.08. The number of nitrogens with one attached hydrogen (secondary N) is 2. The van der Waals surface area contributed by atoms with Crippen LogP contribution in [0.3, 0.4) is 0 Å². The molecule has 2 aromatic rings. The van der Waals surface area contributed by atoms with Crippen molar-refractivity contribution in [1.82, 2.24) is 14.9 Å². The zero-order chi connectivity index (χ0) is 18.9. The first-order valence-electron chi connectivity index (χ1n) is 8.08. The molecule has 0 fully saturated rings. The minimum atomic E-state index is -0.504. The number of aromatic nitrogens is 2. The number of nitro groups is 1. The number of methoxy groups -OCH3 is 2. The standard InChI is InChI=1S/C17H23N5O4/c1-13-10-18-12-21(13)8-4-7-19-17(11-22(23)24)20-14-5-6-15(25-2)16(9-14)26-3/h5-6,9-12,19-20H,4,7-8H2,1-3H3/b17-11-. The van der Waals surface area contributed by atoms with Crippen molar-refractivity contribution in [2.75, 3.05) is 26.1 Å². The number of ether oxygens (including phenoxy) is 2. The van der Waals surface area contributed by atoms with Crippen LogP contribution in [0, 0.1) is 17.0 Å². The molecule has 0 amide bonds. The zero-order valence-electron chi connectivity index (χ0n) is 15.1. The number of aryl methyl sites for hydroxylation is 2. The Kier molecular flexibility index (Phi) is 6.84. The van der Waals surface area contributed by atoms with Gasteiger partial charge in [0.15, 0.2) is 17.3 Å². The predicted molar refractivity (Wildman–Crippen MR) is 97.8 cm³/mol. The van der Waals surface area contributed by atoms with E-state index in [1.165, 1.54) is 7.11 Å². The van der Waals surface area contributed by atoms with E-state index < -0.39 is 4.92 Å². The largest absolute Gasteiger partial charge is 0.493 e. The first-order chi connectivity index (χ1) is 12.5. The maximum atomic E-state index is 10.9. The van der Waals surface area contributed by atoms with E-state index in [-0.39, 0.29) is 0 Å². The summed E-state index contributed by atoms with van der Waals surface area (Å²) in [5.41, 5.74) is 1.73. The Bertz CT molecular complexity index is 772. The van der Waals surface area contributed by atoms with E-state index in [2.05, 4.69) is 15.6 Å². The Labute approximate surface area is 151 Å². The molecule has 140 valence electrons. The molecule has 9 heteroatoms. The fourth-order valence-electron chi connectivity index (χ4n) is 2.39. The second-order valence-corrected chi connectivity index (χ2v) is 5.53. The van der Waals surface area contributed by atoms with Crippen LogP contribution < -0.4 is 20.1 Å². The van der Waals surface area contributed by atoms with Gasteiger partial charge in [-0.1, -0.05) is 0 Å². The van der Waals surface area contributed by atoms with Crippen molar-refractivity contribution >= 4 is 5.69 Å². The van der Waals surface area contributed by atoms with E-state index in [0.29, 0.717) is 29.6 Å². The minimum absolute atomic E-state index is 0.296. The summed E-state index contributed by atoms with van der Waals surface area (Å²) >= 11 is 0. The van der Waals surface area contributed by atoms with Crippen molar-refractivity contribution in [1.29, 1.82) is 0 Å². The zero-order valence-corrected chi connectivity index (χ0v) is 15.1. The van der Waals surface area contributed by atoms with Crippen molar-refractivity contribution < 1.29 is 14.4 Å². The van der Waals surface area contributed by atoms with Gasteiger partial charge in [0.1, 0.15) is 0 Å². The first-order valence-corrected chi connectivity index (χ1v) is 8.08. The molecular weight excluding hydrogens is 338 g/mol. The molecule has 0 aliphatic heterocycles. The molecule has 2 N–H and O–H groups in total. The molecule has 0 unspecified atom stereocenters. The van der Waals surface area contributed by atoms with Crippen LogP contribution in [0.5, 0.6) is 11.5 Å². The lowest BCUT2D eigenvalue weighted by molar-refractivity contribution is -0.403. The van der Waals surface area contributed by atoms with Crippen LogP contribution in [0.25, 0.3) is 0 Å². The average molecular weight is 361 g/mol. The molecule has 0 saturated carbocycles. The van der Waals surface area contributed by atoms with Crippen molar-refractivity contribution in [2.24, 2.45) is 0 Å². The number of benzene rings is 1. The van der Waals surface area contributed by atoms with E-state index in [4.69, 9.17) is 9.47 Å². The van der Waals surface area contributed by atoms with Crippen molar-refractivity contribution in [3.63, 3.8) is 0 Å². The summed E-state index contributed by atoms with van der Waals surface area (Å²) in [7, 11) is 3.08. The monoisotopic (exact) mass is 361 g/mol. The van der Waals surface area contributed by atoms with Crippen molar-refractivity contribution in [3.05, 3.63) is 58.6 Å². The number of nitrogens with zero attached hydrogens (tertiary/aromatic N) is 3. The Balaban J connectivity index is 1.97. The molecule has 0 radical (unpaired) electrons. The summed E-state index contributed by atoms with van der Waals surface area (Å²) in [6.07, 6.45) is 5.26. The summed E-state index contributed by atoms with van der Waals surface area (Å²) in [6, 6.07) is 5.20. The summed E-state index contributed by atoms with van der Waals surface area (Å²) < 4.78 is 12.5. The number of hydrogen-bond acceptors (Lipinski definition) is 7. The highest BCUT2D eigenvalue weighted by atomic mass is 16.6. The lowest BCUT2D eigenvalue weighted by atomic mass is 10.2. The fraction of sp³-hybridized carbons (Fsp3) is 0.353. The van der Waals surface area contributed by atoms with Crippen LogP contribution in [-0.4, -0.2) is 35.2 Å². The maximum Gasteiger partial charge on any atom is 0.274 e. The molecule has 0 spiro atoms. The summed E-state index contributed by atoms with van der Waals surface area (Å²) in [5.74, 6) is 1.42. The predicted octanol–water partition coefficient (Wildman–Crippen LogP) is 2.38. The van der Waals surface area contributed by atoms with Gasteiger partial charge in [0.25, 0.3) is 6.20 Å². The van der Waals surface area contributed by atoms with Crippen LogP contribution in [0.4, 0.5) is 5.69 Å². The molecular formula is C17H23N5O4. The highest BCUT2D eigenvalue weighted by molar-refractivity contribution is 5.56. The first kappa shape index (κ1) is 19.1. The van der Waals surface area contributed by atoms with Gasteiger partial charge in [-0.2, -0.15) is 0 Å². The van der Waals surface area contributed by atoms with Gasteiger partial charge >= 0.3 is 0 Å². The average Bonchev–Trinajstić information content (AvgIpc) is 3.03. The van der Waals surface area contributed by atoms with Crippen LogP contribution >= 0.6 is 0 Å². The van der Waals surface area contributed by atoms with Crippen LogP contribution in [0.1, 0.15) is 12.1 Å². The van der Waals surface area contributed by atoms with Gasteiger partial charge in [0.05, 0.1) is 25.5 Å². The Morgan fingerprint density at radius 3 is 2.73 bits per heavy atom. The van der Waals surface area contributed by atoms with Gasteiger partial charge < -0.3 is 24.7 Å². The van der Waals surface area contributed by atoms with E-state index in [1.54, 1.807) is 37.8 Å². The van der Waals surface area contributed by atoms with Gasteiger partial charge in [-0.25, -0.2) is 4.98 Å². The molecule has 2 rings (SSSR count).